The van der Waals surface area contributed by atoms with Crippen LogP contribution in [0.1, 0.15) is 26.5 Å². The number of rotatable bonds is 1. The fraction of sp³-hybridized carbons (Fsp3) is 0.160. The standard InChI is InChI=1S/C25H21N2.Ir/c1-25(2,3)24-22-20-15-9-7-13-18(20)19-14-8-10-16-21(19)23(22)26-27(24)17-11-5-4-6-12-17;/h4-11,13-16H,1-3H3;/q-1;. The third-order valence-electron chi connectivity index (χ3n) is 5.19. The first-order valence-corrected chi connectivity index (χ1v) is 9.35. The van der Waals surface area contributed by atoms with Crippen molar-refractivity contribution in [2.24, 2.45) is 0 Å². The molecule has 5 rings (SSSR count). The van der Waals surface area contributed by atoms with Crippen molar-refractivity contribution in [1.82, 2.24) is 9.78 Å². The van der Waals surface area contributed by atoms with Crippen LogP contribution in [0.25, 0.3) is 38.1 Å². The van der Waals surface area contributed by atoms with Gasteiger partial charge in [0.1, 0.15) is 5.52 Å². The molecule has 0 spiro atoms. The van der Waals surface area contributed by atoms with Crippen LogP contribution in [0.4, 0.5) is 0 Å². The first kappa shape index (κ1) is 18.9. The minimum Gasteiger partial charge on any atom is -0.261 e. The Labute approximate surface area is 178 Å². The van der Waals surface area contributed by atoms with Crippen LogP contribution in [0.2, 0.25) is 0 Å². The number of aromatic nitrogens is 2. The summed E-state index contributed by atoms with van der Waals surface area (Å²) in [6.45, 7) is 6.77. The molecule has 141 valence electrons. The van der Waals surface area contributed by atoms with E-state index in [0.29, 0.717) is 0 Å². The van der Waals surface area contributed by atoms with E-state index >= 15 is 0 Å². The quantitative estimate of drug-likeness (QED) is 0.177. The molecule has 28 heavy (non-hydrogen) atoms. The Kier molecular flexibility index (Phi) is 4.61. The molecule has 2 nitrogen and oxygen atoms in total. The summed E-state index contributed by atoms with van der Waals surface area (Å²) in [7, 11) is 0. The number of para-hydroxylation sites is 1. The maximum atomic E-state index is 5.11. The van der Waals surface area contributed by atoms with Crippen LogP contribution >= 0.6 is 0 Å². The summed E-state index contributed by atoms with van der Waals surface area (Å²) < 4.78 is 2.09. The average Bonchev–Trinajstić information content (AvgIpc) is 3.10. The minimum atomic E-state index is -0.0658. The maximum absolute atomic E-state index is 5.11. The molecule has 5 aromatic rings. The van der Waals surface area contributed by atoms with Crippen LogP contribution in [-0.4, -0.2) is 9.78 Å². The maximum Gasteiger partial charge on any atom is 0.101 e. The first-order chi connectivity index (χ1) is 13.1. The van der Waals surface area contributed by atoms with Crippen LogP contribution in [-0.2, 0) is 25.5 Å². The van der Waals surface area contributed by atoms with Crippen molar-refractivity contribution in [3.05, 3.63) is 84.6 Å². The summed E-state index contributed by atoms with van der Waals surface area (Å²) >= 11 is 0. The molecule has 0 unspecified atom stereocenters. The van der Waals surface area contributed by atoms with Crippen molar-refractivity contribution in [1.29, 1.82) is 0 Å². The second kappa shape index (κ2) is 6.84. The third kappa shape index (κ3) is 2.78. The van der Waals surface area contributed by atoms with E-state index in [2.05, 4.69) is 86.1 Å². The second-order valence-electron chi connectivity index (χ2n) is 8.07. The Morgan fingerprint density at radius 2 is 1.32 bits per heavy atom. The van der Waals surface area contributed by atoms with E-state index in [4.69, 9.17) is 5.10 Å². The SMILES string of the molecule is CC(C)(C)c1c2c3ccccc3c3ccccc3c2nn1-c1[c-]cccc1.[Ir]. The van der Waals surface area contributed by atoms with Gasteiger partial charge in [0.05, 0.1) is 5.69 Å². The number of benzene rings is 4. The van der Waals surface area contributed by atoms with Crippen LogP contribution < -0.4 is 0 Å². The largest absolute Gasteiger partial charge is 0.261 e. The van der Waals surface area contributed by atoms with Gasteiger partial charge >= 0.3 is 0 Å². The number of hydrogen-bond donors (Lipinski definition) is 0. The summed E-state index contributed by atoms with van der Waals surface area (Å²) in [4.78, 5) is 0. The molecule has 1 heterocycles. The van der Waals surface area contributed by atoms with Gasteiger partial charge in [-0.05, 0) is 21.8 Å². The van der Waals surface area contributed by atoms with Gasteiger partial charge in [0.15, 0.2) is 0 Å². The molecule has 0 N–H and O–H groups in total. The predicted octanol–water partition coefficient (Wildman–Crippen LogP) is 6.43. The van der Waals surface area contributed by atoms with E-state index in [9.17, 15) is 0 Å². The molecule has 0 amide bonds. The van der Waals surface area contributed by atoms with Gasteiger partial charge in [0.2, 0.25) is 0 Å². The summed E-state index contributed by atoms with van der Waals surface area (Å²) in [5.41, 5.74) is 3.20. The Hall–Kier alpha value is -2.48. The monoisotopic (exact) mass is 542 g/mol. The average molecular weight is 542 g/mol. The molecule has 1 aromatic heterocycles. The van der Waals surface area contributed by atoms with Crippen LogP contribution in [0.3, 0.4) is 0 Å². The van der Waals surface area contributed by atoms with Crippen molar-refractivity contribution in [2.45, 2.75) is 26.2 Å². The molecular weight excluding hydrogens is 521 g/mol. The summed E-state index contributed by atoms with van der Waals surface area (Å²) in [6.07, 6.45) is 0. The summed E-state index contributed by atoms with van der Waals surface area (Å²) in [5.74, 6) is 0. The molecule has 0 aliphatic carbocycles. The van der Waals surface area contributed by atoms with Crippen molar-refractivity contribution in [2.75, 3.05) is 0 Å². The zero-order valence-corrected chi connectivity index (χ0v) is 18.6. The molecule has 0 saturated heterocycles. The van der Waals surface area contributed by atoms with Crippen LogP contribution in [0, 0.1) is 6.07 Å². The third-order valence-corrected chi connectivity index (χ3v) is 5.19. The molecule has 0 bridgehead atoms. The van der Waals surface area contributed by atoms with Crippen LogP contribution in [0.5, 0.6) is 0 Å². The van der Waals surface area contributed by atoms with E-state index < -0.39 is 0 Å². The molecular formula is C25H21IrN2-. The first-order valence-electron chi connectivity index (χ1n) is 9.35. The van der Waals surface area contributed by atoms with Crippen molar-refractivity contribution in [3.63, 3.8) is 0 Å². The van der Waals surface area contributed by atoms with Crippen LogP contribution in [0.15, 0.2) is 72.8 Å². The van der Waals surface area contributed by atoms with Gasteiger partial charge in [-0.3, -0.25) is 4.68 Å². The predicted molar refractivity (Wildman–Crippen MR) is 114 cm³/mol. The minimum absolute atomic E-state index is 0. The van der Waals surface area contributed by atoms with Crippen molar-refractivity contribution >= 4 is 32.4 Å². The van der Waals surface area contributed by atoms with Gasteiger partial charge in [-0.2, -0.15) is 29.4 Å². The van der Waals surface area contributed by atoms with E-state index in [1.165, 1.54) is 32.6 Å². The number of nitrogens with zero attached hydrogens (tertiary/aromatic N) is 2. The summed E-state index contributed by atoms with van der Waals surface area (Å²) in [5, 5.41) is 11.4. The van der Waals surface area contributed by atoms with E-state index in [0.717, 1.165) is 11.2 Å². The van der Waals surface area contributed by atoms with Gasteiger partial charge in [-0.1, -0.05) is 69.3 Å². The van der Waals surface area contributed by atoms with E-state index in [-0.39, 0.29) is 25.5 Å². The fourth-order valence-electron chi connectivity index (χ4n) is 4.10. The molecule has 4 aromatic carbocycles. The molecule has 0 atom stereocenters. The van der Waals surface area contributed by atoms with E-state index in [1.54, 1.807) is 0 Å². The topological polar surface area (TPSA) is 17.8 Å². The molecule has 1 radical (unpaired) electrons. The van der Waals surface area contributed by atoms with Gasteiger partial charge in [-0.15, -0.1) is 6.07 Å². The molecule has 3 heteroatoms. The fourth-order valence-corrected chi connectivity index (χ4v) is 4.10. The molecule has 0 saturated carbocycles. The van der Waals surface area contributed by atoms with E-state index in [1.807, 2.05) is 18.2 Å². The zero-order valence-electron chi connectivity index (χ0n) is 16.2. The molecule has 0 fully saturated rings. The van der Waals surface area contributed by atoms with Crippen molar-refractivity contribution < 1.29 is 20.1 Å². The van der Waals surface area contributed by atoms with Gasteiger partial charge in [0, 0.05) is 36.3 Å². The van der Waals surface area contributed by atoms with Gasteiger partial charge in [-0.25, -0.2) is 0 Å². The second-order valence-corrected chi connectivity index (χ2v) is 8.07. The molecule has 0 aliphatic heterocycles. The number of hydrogen-bond acceptors (Lipinski definition) is 1. The number of fused-ring (bicyclic) bond motifs is 6. The smallest absolute Gasteiger partial charge is 0.101 e. The van der Waals surface area contributed by atoms with Crippen molar-refractivity contribution in [3.8, 4) is 5.69 Å². The Bertz CT molecular complexity index is 1290. The Morgan fingerprint density at radius 1 is 0.750 bits per heavy atom. The summed E-state index contributed by atoms with van der Waals surface area (Å²) in [6, 6.07) is 28.7. The van der Waals surface area contributed by atoms with Gasteiger partial charge < -0.3 is 0 Å². The zero-order chi connectivity index (χ0) is 18.6. The molecule has 0 aliphatic rings. The normalized spacial score (nSPS) is 11.8. The Morgan fingerprint density at radius 3 is 1.93 bits per heavy atom. The van der Waals surface area contributed by atoms with Gasteiger partial charge in [0.25, 0.3) is 0 Å². The Balaban J connectivity index is 0.00000192.